The quantitative estimate of drug-likeness (QED) is 0.449. The van der Waals surface area contributed by atoms with Crippen LogP contribution in [-0.2, 0) is 4.79 Å². The summed E-state index contributed by atoms with van der Waals surface area (Å²) in [6.45, 7) is 0.735. The molecule has 11 heteroatoms. The lowest BCUT2D eigenvalue weighted by Crippen LogP contribution is -2.49. The van der Waals surface area contributed by atoms with Gasteiger partial charge in [-0.05, 0) is 42.5 Å². The van der Waals surface area contributed by atoms with Gasteiger partial charge in [-0.15, -0.1) is 0 Å². The summed E-state index contributed by atoms with van der Waals surface area (Å²) in [5.74, 6) is -2.38. The molecule has 1 saturated heterocycles. The Morgan fingerprint density at radius 2 is 1.75 bits per heavy atom. The second-order valence-electron chi connectivity index (χ2n) is 8.12. The van der Waals surface area contributed by atoms with Crippen molar-refractivity contribution in [3.05, 3.63) is 95.9 Å². The molecule has 5 rings (SSSR count). The van der Waals surface area contributed by atoms with Gasteiger partial charge < -0.3 is 20.1 Å². The Kier molecular flexibility index (Phi) is 6.03. The molecule has 0 unspecified atom stereocenters. The molecule has 0 atom stereocenters. The van der Waals surface area contributed by atoms with Crippen LogP contribution >= 0.6 is 0 Å². The fourth-order valence-electron chi connectivity index (χ4n) is 4.00. The van der Waals surface area contributed by atoms with E-state index in [0.717, 1.165) is 18.2 Å². The normalized spacial score (nSPS) is 13.4. The number of amides is 3. The molecule has 2 aromatic carbocycles. The van der Waals surface area contributed by atoms with Crippen LogP contribution in [0.2, 0.25) is 0 Å². The zero-order valence-corrected chi connectivity index (χ0v) is 18.8. The third-order valence-electron chi connectivity index (χ3n) is 5.62. The van der Waals surface area contributed by atoms with Crippen molar-refractivity contribution in [2.24, 2.45) is 0 Å². The standard InChI is InChI=1S/C25H20F2N6O3/c26-17-11-18(27)13-20(12-17)33-24(31-7-1-2-8-31)21(14-29-33)23(35)30-19-5-3-4-16(10-19)25(36)32-9-6-28-22(34)15-32/h1-5,7-8,10-14H,6,9,15H2,(H,28,34)(H,30,35). The predicted octanol–water partition coefficient (Wildman–Crippen LogP) is 2.77. The molecule has 1 fully saturated rings. The second-order valence-corrected chi connectivity index (χ2v) is 8.12. The molecule has 0 radical (unpaired) electrons. The Bertz CT molecular complexity index is 1440. The highest BCUT2D eigenvalue weighted by atomic mass is 19.1. The van der Waals surface area contributed by atoms with E-state index in [0.29, 0.717) is 24.3 Å². The summed E-state index contributed by atoms with van der Waals surface area (Å²) in [4.78, 5) is 39.2. The number of nitrogens with zero attached hydrogens (tertiary/aromatic N) is 4. The fraction of sp³-hybridized carbons (Fsp3) is 0.120. The van der Waals surface area contributed by atoms with E-state index in [1.165, 1.54) is 21.8 Å². The number of benzene rings is 2. The molecule has 1 aliphatic heterocycles. The molecule has 2 aromatic heterocycles. The highest BCUT2D eigenvalue weighted by Crippen LogP contribution is 2.23. The molecule has 1 aliphatic rings. The van der Waals surface area contributed by atoms with Crippen LogP contribution in [0.1, 0.15) is 20.7 Å². The number of hydrogen-bond donors (Lipinski definition) is 2. The van der Waals surface area contributed by atoms with Gasteiger partial charge in [0.15, 0.2) is 5.82 Å². The molecule has 3 heterocycles. The monoisotopic (exact) mass is 490 g/mol. The minimum atomic E-state index is -0.780. The van der Waals surface area contributed by atoms with Crippen molar-refractivity contribution >= 4 is 23.4 Å². The number of hydrogen-bond acceptors (Lipinski definition) is 4. The summed E-state index contributed by atoms with van der Waals surface area (Å²) in [6.07, 6.45) is 4.65. The SMILES string of the molecule is O=C1CN(C(=O)c2cccc(NC(=O)c3cnn(-c4cc(F)cc(F)c4)c3-n3cccc3)c2)CCN1. The molecule has 2 N–H and O–H groups in total. The van der Waals surface area contributed by atoms with E-state index in [1.807, 2.05) is 0 Å². The van der Waals surface area contributed by atoms with Crippen LogP contribution in [0.25, 0.3) is 11.5 Å². The summed E-state index contributed by atoms with van der Waals surface area (Å²) >= 11 is 0. The van der Waals surface area contributed by atoms with Gasteiger partial charge in [-0.3, -0.25) is 14.4 Å². The minimum absolute atomic E-state index is 0.0322. The van der Waals surface area contributed by atoms with Gasteiger partial charge in [0.05, 0.1) is 18.4 Å². The van der Waals surface area contributed by atoms with Gasteiger partial charge in [-0.1, -0.05) is 6.07 Å². The summed E-state index contributed by atoms with van der Waals surface area (Å²) in [7, 11) is 0. The first kappa shape index (κ1) is 23.0. The molecular weight excluding hydrogens is 470 g/mol. The molecule has 3 amide bonds. The van der Waals surface area contributed by atoms with E-state index < -0.39 is 17.5 Å². The Balaban J connectivity index is 1.45. The van der Waals surface area contributed by atoms with Crippen LogP contribution in [0.3, 0.4) is 0 Å². The van der Waals surface area contributed by atoms with Crippen molar-refractivity contribution in [2.45, 2.75) is 0 Å². The lowest BCUT2D eigenvalue weighted by molar-refractivity contribution is -0.123. The Morgan fingerprint density at radius 1 is 1.00 bits per heavy atom. The molecule has 9 nitrogen and oxygen atoms in total. The number of anilines is 1. The highest BCUT2D eigenvalue weighted by molar-refractivity contribution is 6.07. The van der Waals surface area contributed by atoms with E-state index >= 15 is 0 Å². The topological polar surface area (TPSA) is 101 Å². The van der Waals surface area contributed by atoms with Crippen molar-refractivity contribution in [3.63, 3.8) is 0 Å². The van der Waals surface area contributed by atoms with Gasteiger partial charge in [0.1, 0.15) is 17.2 Å². The number of carbonyl (C=O) groups is 3. The van der Waals surface area contributed by atoms with Crippen LogP contribution in [0.15, 0.2) is 73.2 Å². The van der Waals surface area contributed by atoms with Gasteiger partial charge in [0.25, 0.3) is 11.8 Å². The van der Waals surface area contributed by atoms with Crippen LogP contribution < -0.4 is 10.6 Å². The average molecular weight is 490 g/mol. The molecule has 36 heavy (non-hydrogen) atoms. The minimum Gasteiger partial charge on any atom is -0.353 e. The van der Waals surface area contributed by atoms with E-state index in [4.69, 9.17) is 0 Å². The van der Waals surface area contributed by atoms with Crippen molar-refractivity contribution in [1.29, 1.82) is 0 Å². The lowest BCUT2D eigenvalue weighted by Gasteiger charge is -2.26. The number of nitrogens with one attached hydrogen (secondary N) is 2. The van der Waals surface area contributed by atoms with E-state index in [9.17, 15) is 23.2 Å². The third kappa shape index (κ3) is 4.58. The third-order valence-corrected chi connectivity index (χ3v) is 5.62. The van der Waals surface area contributed by atoms with Crippen molar-refractivity contribution in [2.75, 3.05) is 25.0 Å². The second kappa shape index (κ2) is 9.45. The van der Waals surface area contributed by atoms with Gasteiger partial charge in [-0.25, -0.2) is 13.5 Å². The smallest absolute Gasteiger partial charge is 0.261 e. The predicted molar refractivity (Wildman–Crippen MR) is 126 cm³/mol. The number of rotatable bonds is 5. The van der Waals surface area contributed by atoms with Gasteiger partial charge in [0.2, 0.25) is 5.91 Å². The van der Waals surface area contributed by atoms with Crippen LogP contribution in [0.5, 0.6) is 0 Å². The number of piperazine rings is 1. The van der Waals surface area contributed by atoms with Crippen molar-refractivity contribution < 1.29 is 23.2 Å². The van der Waals surface area contributed by atoms with Crippen molar-refractivity contribution in [3.8, 4) is 11.5 Å². The average Bonchev–Trinajstić information content (AvgIpc) is 3.53. The molecular formula is C25H20F2N6O3. The zero-order valence-electron chi connectivity index (χ0n) is 18.8. The molecule has 4 aromatic rings. The summed E-state index contributed by atoms with van der Waals surface area (Å²) in [5, 5.41) is 9.63. The van der Waals surface area contributed by atoms with E-state index in [1.54, 1.807) is 47.3 Å². The summed E-state index contributed by atoms with van der Waals surface area (Å²) < 4.78 is 30.6. The number of aromatic nitrogens is 3. The zero-order chi connectivity index (χ0) is 25.2. The van der Waals surface area contributed by atoms with Gasteiger partial charge in [0, 0.05) is 42.8 Å². The molecule has 0 aliphatic carbocycles. The van der Waals surface area contributed by atoms with Crippen molar-refractivity contribution in [1.82, 2.24) is 24.6 Å². The molecule has 0 spiro atoms. The summed E-state index contributed by atoms with van der Waals surface area (Å²) in [5.41, 5.74) is 0.920. The maximum absolute atomic E-state index is 13.9. The molecule has 0 saturated carbocycles. The number of carbonyl (C=O) groups excluding carboxylic acids is 3. The Morgan fingerprint density at radius 3 is 2.47 bits per heavy atom. The van der Waals surface area contributed by atoms with Crippen LogP contribution in [-0.4, -0.2) is 56.6 Å². The van der Waals surface area contributed by atoms with Crippen LogP contribution in [0, 0.1) is 11.6 Å². The van der Waals surface area contributed by atoms with Gasteiger partial charge in [-0.2, -0.15) is 5.10 Å². The lowest BCUT2D eigenvalue weighted by atomic mass is 10.1. The Labute approximate surface area is 203 Å². The number of halogens is 2. The highest BCUT2D eigenvalue weighted by Gasteiger charge is 2.24. The van der Waals surface area contributed by atoms with E-state index in [-0.39, 0.29) is 35.4 Å². The van der Waals surface area contributed by atoms with Crippen LogP contribution in [0.4, 0.5) is 14.5 Å². The molecule has 0 bridgehead atoms. The first-order valence-corrected chi connectivity index (χ1v) is 11.0. The Hall–Kier alpha value is -4.80. The van der Waals surface area contributed by atoms with E-state index in [2.05, 4.69) is 15.7 Å². The first-order chi connectivity index (χ1) is 17.4. The fourth-order valence-corrected chi connectivity index (χ4v) is 4.00. The van der Waals surface area contributed by atoms with Gasteiger partial charge >= 0.3 is 0 Å². The maximum Gasteiger partial charge on any atom is 0.261 e. The first-order valence-electron chi connectivity index (χ1n) is 11.0. The maximum atomic E-state index is 13.9. The summed E-state index contributed by atoms with van der Waals surface area (Å²) in [6, 6.07) is 12.8. The molecule has 182 valence electrons. The largest absolute Gasteiger partial charge is 0.353 e.